The minimum Gasteiger partial charge on any atom is -0.374 e. The number of nitrogens with one attached hydrogen (secondary N) is 3. The van der Waals surface area contributed by atoms with Crippen LogP contribution in [-0.4, -0.2) is 93.1 Å². The normalized spacial score (nSPS) is 17.8. The largest absolute Gasteiger partial charge is 0.374 e. The van der Waals surface area contributed by atoms with Crippen molar-refractivity contribution in [2.75, 3.05) is 54.4 Å². The highest BCUT2D eigenvalue weighted by molar-refractivity contribution is 6.01. The van der Waals surface area contributed by atoms with Crippen LogP contribution in [0.3, 0.4) is 0 Å². The molecule has 3 aliphatic heterocycles. The number of hydrogen-bond donors (Lipinski definition) is 3. The SMILES string of the molecule is O=C1CCC(Nc2cc(F)cc(N3CCN(c4ccc(-c5cc(C6=CCCN(C(=O)CCn7ccnn7)C6)c(F)c6[nH]ncc56)c(F)c4F)CC3)c2)C(=O)N1. The van der Waals surface area contributed by atoms with Crippen molar-refractivity contribution < 1.29 is 31.9 Å². The fourth-order valence-corrected chi connectivity index (χ4v) is 7.48. The highest BCUT2D eigenvalue weighted by Gasteiger charge is 2.29. The van der Waals surface area contributed by atoms with Gasteiger partial charge in [-0.05, 0) is 60.4 Å². The molecule has 55 heavy (non-hydrogen) atoms. The number of nitrogens with zero attached hydrogens (tertiary/aromatic N) is 7. The summed E-state index contributed by atoms with van der Waals surface area (Å²) in [6.07, 6.45) is 7.56. The van der Waals surface area contributed by atoms with Gasteiger partial charge in [0, 0.05) is 86.2 Å². The molecule has 0 spiro atoms. The highest BCUT2D eigenvalue weighted by atomic mass is 19.2. The van der Waals surface area contributed by atoms with Gasteiger partial charge in [-0.3, -0.25) is 29.5 Å². The van der Waals surface area contributed by atoms with Gasteiger partial charge in [0.05, 0.1) is 24.6 Å². The molecule has 1 atom stereocenters. The second kappa shape index (κ2) is 14.9. The average Bonchev–Trinajstić information content (AvgIpc) is 3.90. The van der Waals surface area contributed by atoms with Gasteiger partial charge in [-0.25, -0.2) is 17.6 Å². The van der Waals surface area contributed by atoms with Crippen LogP contribution in [0.15, 0.2) is 61.1 Å². The number of fused-ring (bicyclic) bond motifs is 1. The monoisotopic (exact) mass is 756 g/mol. The van der Waals surface area contributed by atoms with E-state index in [1.165, 1.54) is 42.7 Å². The lowest BCUT2D eigenvalue weighted by Crippen LogP contribution is -2.47. The number of imide groups is 1. The third-order valence-electron chi connectivity index (χ3n) is 10.4. The predicted molar refractivity (Wildman–Crippen MR) is 196 cm³/mol. The Balaban J connectivity index is 0.988. The lowest BCUT2D eigenvalue weighted by atomic mass is 9.93. The topological polar surface area (TPSA) is 144 Å². The first-order valence-electron chi connectivity index (χ1n) is 18.0. The van der Waals surface area contributed by atoms with Crippen LogP contribution in [0.1, 0.15) is 31.2 Å². The van der Waals surface area contributed by atoms with Gasteiger partial charge in [0.15, 0.2) is 17.5 Å². The Kier molecular flexibility index (Phi) is 9.67. The van der Waals surface area contributed by atoms with Crippen LogP contribution in [0.5, 0.6) is 0 Å². The Morgan fingerprint density at radius 2 is 1.73 bits per heavy atom. The summed E-state index contributed by atoms with van der Waals surface area (Å²) in [6, 6.07) is 8.13. The molecule has 3 aromatic carbocycles. The number of halogens is 4. The number of aromatic nitrogens is 5. The molecular formula is C38H36F4N10O3. The highest BCUT2D eigenvalue weighted by Crippen LogP contribution is 2.39. The molecule has 0 aliphatic carbocycles. The summed E-state index contributed by atoms with van der Waals surface area (Å²) in [4.78, 5) is 42.1. The van der Waals surface area contributed by atoms with Crippen LogP contribution in [0.4, 0.5) is 34.6 Å². The Morgan fingerprint density at radius 3 is 2.51 bits per heavy atom. The molecule has 8 rings (SSSR count). The summed E-state index contributed by atoms with van der Waals surface area (Å²) in [5.41, 5.74) is 1.92. The number of amides is 3. The van der Waals surface area contributed by atoms with Gasteiger partial charge in [-0.1, -0.05) is 11.3 Å². The molecule has 13 nitrogen and oxygen atoms in total. The minimum absolute atomic E-state index is 0.0378. The standard InChI is InChI=1S/C38H36F4N10O3/c39-23-16-24(45-30-4-6-32(53)46-38(30)55)18-25(17-23)49-12-14-50(15-13-49)31-5-3-26(34(40)36(31)42)28-19-27(35(41)37-29(28)20-44-47-37)22-2-1-9-51(21-22)33(54)7-10-52-11-8-43-48-52/h2-3,5,8,11,16-20,30,45H,1,4,6-7,9-10,12-15,21H2,(H,44,47)(H,46,53,55). The average molecular weight is 757 g/mol. The van der Waals surface area contributed by atoms with Crippen molar-refractivity contribution >= 4 is 51.3 Å². The maximum absolute atomic E-state index is 16.1. The van der Waals surface area contributed by atoms with Crippen molar-refractivity contribution in [2.24, 2.45) is 0 Å². The molecule has 2 fully saturated rings. The third kappa shape index (κ3) is 7.20. The number of aryl methyl sites for hydroxylation is 1. The second-order valence-electron chi connectivity index (χ2n) is 13.8. The van der Waals surface area contributed by atoms with Crippen molar-refractivity contribution in [2.45, 2.75) is 38.3 Å². The van der Waals surface area contributed by atoms with Crippen molar-refractivity contribution in [3.8, 4) is 11.1 Å². The van der Waals surface area contributed by atoms with Crippen molar-refractivity contribution in [1.29, 1.82) is 0 Å². The van der Waals surface area contributed by atoms with Crippen molar-refractivity contribution in [1.82, 2.24) is 35.4 Å². The zero-order valence-corrected chi connectivity index (χ0v) is 29.5. The summed E-state index contributed by atoms with van der Waals surface area (Å²) < 4.78 is 64.4. The van der Waals surface area contributed by atoms with Gasteiger partial charge in [0.25, 0.3) is 0 Å². The molecule has 0 bridgehead atoms. The van der Waals surface area contributed by atoms with E-state index in [9.17, 15) is 18.8 Å². The maximum Gasteiger partial charge on any atom is 0.249 e. The smallest absolute Gasteiger partial charge is 0.249 e. The van der Waals surface area contributed by atoms with E-state index in [-0.39, 0.29) is 70.9 Å². The molecule has 5 heterocycles. The summed E-state index contributed by atoms with van der Waals surface area (Å²) in [7, 11) is 0. The van der Waals surface area contributed by atoms with Crippen molar-refractivity contribution in [3.05, 3.63) is 89.9 Å². The number of carbonyl (C=O) groups excluding carboxylic acids is 3. The summed E-state index contributed by atoms with van der Waals surface area (Å²) in [6.45, 7) is 2.30. The number of anilines is 3. The fraction of sp³-hybridized carbons (Fsp3) is 0.316. The van der Waals surface area contributed by atoms with E-state index in [0.717, 1.165) is 0 Å². The molecule has 3 aliphatic rings. The van der Waals surface area contributed by atoms with Gasteiger partial charge in [0.1, 0.15) is 17.4 Å². The molecule has 0 radical (unpaired) electrons. The molecule has 5 aromatic rings. The first-order chi connectivity index (χ1) is 26.6. The van der Waals surface area contributed by atoms with Crippen LogP contribution in [0.2, 0.25) is 0 Å². The van der Waals surface area contributed by atoms with Crippen LogP contribution >= 0.6 is 0 Å². The minimum atomic E-state index is -1.10. The maximum atomic E-state index is 16.1. The lowest BCUT2D eigenvalue weighted by molar-refractivity contribution is -0.134. The first kappa shape index (κ1) is 35.8. The van der Waals surface area contributed by atoms with Crippen LogP contribution < -0.4 is 20.4 Å². The zero-order valence-electron chi connectivity index (χ0n) is 29.5. The summed E-state index contributed by atoms with van der Waals surface area (Å²) >= 11 is 0. The molecule has 3 amide bonds. The van der Waals surface area contributed by atoms with E-state index in [1.807, 2.05) is 11.0 Å². The number of carbonyl (C=O) groups is 3. The number of hydrogen-bond acceptors (Lipinski definition) is 9. The van der Waals surface area contributed by atoms with E-state index in [2.05, 4.69) is 31.1 Å². The van der Waals surface area contributed by atoms with Gasteiger partial charge < -0.3 is 20.0 Å². The molecule has 284 valence electrons. The molecule has 3 N–H and O–H groups in total. The Bertz CT molecular complexity index is 2320. The van der Waals surface area contributed by atoms with Crippen LogP contribution in [0.25, 0.3) is 27.6 Å². The lowest BCUT2D eigenvalue weighted by Gasteiger charge is -2.37. The zero-order chi connectivity index (χ0) is 38.2. The van der Waals surface area contributed by atoms with E-state index >= 15 is 13.2 Å². The summed E-state index contributed by atoms with van der Waals surface area (Å²) in [5, 5.41) is 19.9. The van der Waals surface area contributed by atoms with Crippen LogP contribution in [-0.2, 0) is 20.9 Å². The molecular weight excluding hydrogens is 720 g/mol. The van der Waals surface area contributed by atoms with Gasteiger partial charge >= 0.3 is 0 Å². The predicted octanol–water partition coefficient (Wildman–Crippen LogP) is 4.63. The third-order valence-corrected chi connectivity index (χ3v) is 10.4. The van der Waals surface area contributed by atoms with E-state index in [4.69, 9.17) is 0 Å². The Morgan fingerprint density at radius 1 is 0.909 bits per heavy atom. The molecule has 2 aromatic heterocycles. The second-order valence-corrected chi connectivity index (χ2v) is 13.8. The number of piperidine rings is 1. The number of H-pyrrole nitrogens is 1. The fourth-order valence-electron chi connectivity index (χ4n) is 7.48. The van der Waals surface area contributed by atoms with E-state index in [1.54, 1.807) is 26.7 Å². The summed E-state index contributed by atoms with van der Waals surface area (Å²) in [5.74, 6) is -4.23. The van der Waals surface area contributed by atoms with Crippen molar-refractivity contribution in [3.63, 3.8) is 0 Å². The molecule has 0 saturated carbocycles. The first-order valence-corrected chi connectivity index (χ1v) is 18.0. The van der Waals surface area contributed by atoms with Gasteiger partial charge in [0.2, 0.25) is 17.7 Å². The number of aromatic amines is 1. The number of piperazine rings is 1. The van der Waals surface area contributed by atoms with E-state index < -0.39 is 35.2 Å². The van der Waals surface area contributed by atoms with E-state index in [0.29, 0.717) is 62.6 Å². The molecule has 2 saturated heterocycles. The quantitative estimate of drug-likeness (QED) is 0.145. The Hall–Kier alpha value is -6.26. The van der Waals surface area contributed by atoms with Gasteiger partial charge in [-0.15, -0.1) is 5.10 Å². The molecule has 17 heteroatoms. The Labute approximate surface area is 311 Å². The van der Waals surface area contributed by atoms with Gasteiger partial charge in [-0.2, -0.15) is 5.10 Å². The number of rotatable bonds is 9. The van der Waals surface area contributed by atoms with Crippen LogP contribution in [0, 0.1) is 23.3 Å². The molecule has 1 unspecified atom stereocenters. The number of benzene rings is 3.